The first-order valence-corrected chi connectivity index (χ1v) is 8.40. The van der Waals surface area contributed by atoms with Gasteiger partial charge in [-0.25, -0.2) is 4.98 Å². The molecule has 0 saturated carbocycles. The first kappa shape index (κ1) is 18.3. The number of benzene rings is 1. The van der Waals surface area contributed by atoms with Gasteiger partial charge in [0.25, 0.3) is 5.91 Å². The average molecular weight is 382 g/mol. The van der Waals surface area contributed by atoms with Crippen molar-refractivity contribution >= 4 is 34.9 Å². The Bertz CT molecular complexity index is 962. The highest BCUT2D eigenvalue weighted by atomic mass is 35.5. The number of nitrogens with zero attached hydrogens (tertiary/aromatic N) is 2. The molecule has 3 aromatic rings. The Morgan fingerprint density at radius 2 is 1.74 bits per heavy atom. The van der Waals surface area contributed by atoms with Gasteiger partial charge in [0.1, 0.15) is 5.82 Å². The van der Waals surface area contributed by atoms with E-state index in [-0.39, 0.29) is 11.5 Å². The summed E-state index contributed by atoms with van der Waals surface area (Å²) in [5, 5.41) is 6.18. The standard InChI is InChI=1S/C19H16ClN5O2/c20-16-9-14(17(21)26)11-24-18(16)23-10-12-1-3-13(4-2-12)19(27)25-15-5-7-22-8-6-15/h1-9,11H,10H2,(H2,21,26)(H,23,24)(H,22,25,27). The number of nitrogens with two attached hydrogens (primary N) is 1. The molecule has 0 fully saturated rings. The van der Waals surface area contributed by atoms with Crippen LogP contribution in [0.2, 0.25) is 5.02 Å². The number of carbonyl (C=O) groups is 2. The summed E-state index contributed by atoms with van der Waals surface area (Å²) in [7, 11) is 0. The molecule has 2 aromatic heterocycles. The van der Waals surface area contributed by atoms with Crippen molar-refractivity contribution in [3.8, 4) is 0 Å². The normalized spacial score (nSPS) is 10.3. The summed E-state index contributed by atoms with van der Waals surface area (Å²) in [5.41, 5.74) is 7.59. The summed E-state index contributed by atoms with van der Waals surface area (Å²) in [5.74, 6) is -0.342. The van der Waals surface area contributed by atoms with Gasteiger partial charge in [-0.1, -0.05) is 23.7 Å². The van der Waals surface area contributed by atoms with Crippen LogP contribution in [0.5, 0.6) is 0 Å². The molecule has 0 aliphatic heterocycles. The molecule has 0 atom stereocenters. The van der Waals surface area contributed by atoms with Crippen LogP contribution >= 0.6 is 11.6 Å². The van der Waals surface area contributed by atoms with Gasteiger partial charge in [-0.2, -0.15) is 0 Å². The van der Waals surface area contributed by atoms with Gasteiger partial charge in [0.15, 0.2) is 0 Å². The molecule has 0 aliphatic rings. The van der Waals surface area contributed by atoms with Crippen molar-refractivity contribution < 1.29 is 9.59 Å². The average Bonchev–Trinajstić information content (AvgIpc) is 2.68. The SMILES string of the molecule is NC(=O)c1cnc(NCc2ccc(C(=O)Nc3ccncc3)cc2)c(Cl)c1. The first-order valence-electron chi connectivity index (χ1n) is 8.02. The van der Waals surface area contributed by atoms with E-state index in [2.05, 4.69) is 20.6 Å². The molecule has 136 valence electrons. The van der Waals surface area contributed by atoms with Crippen LogP contribution in [-0.4, -0.2) is 21.8 Å². The zero-order valence-corrected chi connectivity index (χ0v) is 14.9. The molecular weight excluding hydrogens is 366 g/mol. The van der Waals surface area contributed by atoms with Crippen LogP contribution in [-0.2, 0) is 6.54 Å². The van der Waals surface area contributed by atoms with Crippen LogP contribution in [0.4, 0.5) is 11.5 Å². The van der Waals surface area contributed by atoms with Crippen LogP contribution in [0.3, 0.4) is 0 Å². The van der Waals surface area contributed by atoms with E-state index in [0.717, 1.165) is 5.56 Å². The fourth-order valence-electron chi connectivity index (χ4n) is 2.30. The van der Waals surface area contributed by atoms with Gasteiger partial charge in [-0.3, -0.25) is 14.6 Å². The predicted molar refractivity (Wildman–Crippen MR) is 104 cm³/mol. The fourth-order valence-corrected chi connectivity index (χ4v) is 2.53. The van der Waals surface area contributed by atoms with Crippen LogP contribution in [0.25, 0.3) is 0 Å². The summed E-state index contributed by atoms with van der Waals surface area (Å²) in [6.45, 7) is 0.453. The van der Waals surface area contributed by atoms with Crippen molar-refractivity contribution in [1.29, 1.82) is 0 Å². The van der Waals surface area contributed by atoms with Gasteiger partial charge in [0, 0.05) is 36.4 Å². The molecule has 0 saturated heterocycles. The number of hydrogen-bond donors (Lipinski definition) is 3. The Kier molecular flexibility index (Phi) is 5.63. The molecule has 1 aromatic carbocycles. The number of nitrogens with one attached hydrogen (secondary N) is 2. The van der Waals surface area contributed by atoms with Crippen molar-refractivity contribution in [2.45, 2.75) is 6.54 Å². The molecule has 7 nitrogen and oxygen atoms in total. The van der Waals surface area contributed by atoms with Gasteiger partial charge in [-0.05, 0) is 35.9 Å². The van der Waals surface area contributed by atoms with E-state index in [9.17, 15) is 9.59 Å². The topological polar surface area (TPSA) is 110 Å². The van der Waals surface area contributed by atoms with Gasteiger partial charge < -0.3 is 16.4 Å². The van der Waals surface area contributed by atoms with Crippen molar-refractivity contribution in [3.05, 3.63) is 82.8 Å². The predicted octanol–water partition coefficient (Wildman–Crippen LogP) is 3.09. The molecule has 0 spiro atoms. The van der Waals surface area contributed by atoms with Crippen molar-refractivity contribution in [2.24, 2.45) is 5.73 Å². The third kappa shape index (κ3) is 4.80. The van der Waals surface area contributed by atoms with Crippen molar-refractivity contribution in [3.63, 3.8) is 0 Å². The highest BCUT2D eigenvalue weighted by Crippen LogP contribution is 2.20. The molecule has 0 unspecified atom stereocenters. The lowest BCUT2D eigenvalue weighted by atomic mass is 10.1. The number of anilines is 2. The number of primary amides is 1. The van der Waals surface area contributed by atoms with Crippen LogP contribution in [0.15, 0.2) is 61.1 Å². The lowest BCUT2D eigenvalue weighted by Gasteiger charge is -2.09. The molecule has 0 aliphatic carbocycles. The molecular formula is C19H16ClN5O2. The molecule has 8 heteroatoms. The van der Waals surface area contributed by atoms with E-state index < -0.39 is 5.91 Å². The maximum Gasteiger partial charge on any atom is 0.255 e. The Hall–Kier alpha value is -3.45. The minimum absolute atomic E-state index is 0.201. The second-order valence-corrected chi connectivity index (χ2v) is 6.07. The molecule has 2 heterocycles. The summed E-state index contributed by atoms with van der Waals surface area (Å²) in [6, 6.07) is 12.0. The smallest absolute Gasteiger partial charge is 0.255 e. The summed E-state index contributed by atoms with van der Waals surface area (Å²) in [6.07, 6.45) is 4.59. The van der Waals surface area contributed by atoms with Crippen LogP contribution in [0.1, 0.15) is 26.3 Å². The first-order chi connectivity index (χ1) is 13.0. The Balaban J connectivity index is 1.61. The number of halogens is 1. The van der Waals surface area contributed by atoms with Crippen molar-refractivity contribution in [1.82, 2.24) is 9.97 Å². The maximum absolute atomic E-state index is 12.2. The van der Waals surface area contributed by atoms with Crippen LogP contribution in [0, 0.1) is 0 Å². The summed E-state index contributed by atoms with van der Waals surface area (Å²) < 4.78 is 0. The minimum Gasteiger partial charge on any atom is -0.366 e. The molecule has 2 amide bonds. The minimum atomic E-state index is -0.586. The number of rotatable bonds is 6. The molecule has 0 bridgehead atoms. The second kappa shape index (κ2) is 8.29. The molecule has 4 N–H and O–H groups in total. The molecule has 0 radical (unpaired) electrons. The summed E-state index contributed by atoms with van der Waals surface area (Å²) in [4.78, 5) is 31.3. The van der Waals surface area contributed by atoms with E-state index in [1.54, 1.807) is 36.7 Å². The highest BCUT2D eigenvalue weighted by Gasteiger charge is 2.08. The Morgan fingerprint density at radius 3 is 2.37 bits per heavy atom. The number of hydrogen-bond acceptors (Lipinski definition) is 5. The monoisotopic (exact) mass is 381 g/mol. The third-order valence-corrected chi connectivity index (χ3v) is 4.03. The highest BCUT2D eigenvalue weighted by molar-refractivity contribution is 6.33. The van der Waals surface area contributed by atoms with Gasteiger partial charge in [-0.15, -0.1) is 0 Å². The number of carbonyl (C=O) groups excluding carboxylic acids is 2. The van der Waals surface area contributed by atoms with E-state index in [4.69, 9.17) is 17.3 Å². The van der Waals surface area contributed by atoms with Gasteiger partial charge in [0.2, 0.25) is 5.91 Å². The van der Waals surface area contributed by atoms with Gasteiger partial charge >= 0.3 is 0 Å². The van der Waals surface area contributed by atoms with E-state index in [0.29, 0.717) is 28.6 Å². The van der Waals surface area contributed by atoms with E-state index in [1.807, 2.05) is 12.1 Å². The number of amides is 2. The van der Waals surface area contributed by atoms with E-state index >= 15 is 0 Å². The molecule has 27 heavy (non-hydrogen) atoms. The zero-order chi connectivity index (χ0) is 19.2. The lowest BCUT2D eigenvalue weighted by Crippen LogP contribution is -2.12. The number of pyridine rings is 2. The Labute approximate surface area is 160 Å². The maximum atomic E-state index is 12.2. The number of aromatic nitrogens is 2. The van der Waals surface area contributed by atoms with Crippen molar-refractivity contribution in [2.75, 3.05) is 10.6 Å². The van der Waals surface area contributed by atoms with E-state index in [1.165, 1.54) is 12.3 Å². The van der Waals surface area contributed by atoms with Crippen LogP contribution < -0.4 is 16.4 Å². The Morgan fingerprint density at radius 1 is 1.04 bits per heavy atom. The second-order valence-electron chi connectivity index (χ2n) is 5.66. The molecule has 3 rings (SSSR count). The fraction of sp³-hybridized carbons (Fsp3) is 0.0526. The largest absolute Gasteiger partial charge is 0.366 e. The lowest BCUT2D eigenvalue weighted by molar-refractivity contribution is 0.0997. The third-order valence-electron chi connectivity index (χ3n) is 3.74. The quantitative estimate of drug-likeness (QED) is 0.607. The summed E-state index contributed by atoms with van der Waals surface area (Å²) >= 11 is 6.09. The zero-order valence-electron chi connectivity index (χ0n) is 14.1. The van der Waals surface area contributed by atoms with Gasteiger partial charge in [0.05, 0.1) is 10.6 Å².